The number of para-hydroxylation sites is 1. The second-order valence-electron chi connectivity index (χ2n) is 7.94. The Bertz CT molecular complexity index is 1350. The first kappa shape index (κ1) is 24.2. The average molecular weight is 493 g/mol. The Hall–Kier alpha value is -3.98. The number of nitrogens with zero attached hydrogens (tertiary/aromatic N) is 1. The number of hydrogen-bond acceptors (Lipinski definition) is 6. The molecule has 2 amide bonds. The van der Waals surface area contributed by atoms with Crippen LogP contribution >= 0.6 is 0 Å². The first-order valence-electron chi connectivity index (χ1n) is 11.1. The lowest BCUT2D eigenvalue weighted by atomic mass is 10.1. The van der Waals surface area contributed by atoms with Gasteiger partial charge in [-0.3, -0.25) is 9.59 Å². The van der Waals surface area contributed by atoms with Gasteiger partial charge < -0.3 is 15.0 Å². The van der Waals surface area contributed by atoms with Crippen LogP contribution in [0.1, 0.15) is 34.5 Å². The monoisotopic (exact) mass is 492 g/mol. The highest BCUT2D eigenvalue weighted by Crippen LogP contribution is 2.40. The number of fused-ring (bicyclic) bond motifs is 1. The number of hydrogen-bond donors (Lipinski definition) is 1. The third-order valence-electron chi connectivity index (χ3n) is 5.65. The summed E-state index contributed by atoms with van der Waals surface area (Å²) in [5.74, 6) is -1.45. The van der Waals surface area contributed by atoms with Gasteiger partial charge in [0.15, 0.2) is 9.84 Å². The summed E-state index contributed by atoms with van der Waals surface area (Å²) in [4.78, 5) is 39.1. The molecule has 1 heterocycles. The van der Waals surface area contributed by atoms with Crippen LogP contribution in [0.4, 0.5) is 11.4 Å². The molecule has 3 aromatic carbocycles. The molecule has 0 saturated carbocycles. The molecule has 4 rings (SSSR count). The van der Waals surface area contributed by atoms with Crippen molar-refractivity contribution in [1.29, 1.82) is 0 Å². The molecule has 1 atom stereocenters. The van der Waals surface area contributed by atoms with Gasteiger partial charge in [0.25, 0.3) is 0 Å². The zero-order valence-corrected chi connectivity index (χ0v) is 19.8. The normalized spacial score (nSPS) is 16.7. The van der Waals surface area contributed by atoms with Gasteiger partial charge in [-0.15, -0.1) is 0 Å². The number of carbonyl (C=O) groups excluding carboxylic acids is 3. The molecule has 0 saturated heterocycles. The van der Waals surface area contributed by atoms with Crippen molar-refractivity contribution in [2.75, 3.05) is 23.4 Å². The highest BCUT2D eigenvalue weighted by Gasteiger charge is 2.39. The van der Waals surface area contributed by atoms with Crippen LogP contribution in [0.25, 0.3) is 0 Å². The Morgan fingerprint density at radius 3 is 2.31 bits per heavy atom. The number of esters is 1. The molecule has 0 aromatic heterocycles. The maximum Gasteiger partial charge on any atom is 0.338 e. The molecule has 0 aliphatic carbocycles. The van der Waals surface area contributed by atoms with Crippen molar-refractivity contribution in [2.24, 2.45) is 0 Å². The molecule has 1 N–H and O–H groups in total. The van der Waals surface area contributed by atoms with Gasteiger partial charge in [0.1, 0.15) is 6.54 Å². The quantitative estimate of drug-likeness (QED) is 0.525. The van der Waals surface area contributed by atoms with Gasteiger partial charge in [-0.05, 0) is 48.9 Å². The second-order valence-corrected chi connectivity index (χ2v) is 10.0. The number of rotatable bonds is 6. The molecule has 1 aliphatic heterocycles. The lowest BCUT2D eigenvalue weighted by Crippen LogP contribution is -2.38. The van der Waals surface area contributed by atoms with E-state index in [-0.39, 0.29) is 30.2 Å². The molecule has 0 radical (unpaired) electrons. The van der Waals surface area contributed by atoms with Gasteiger partial charge in [-0.1, -0.05) is 42.5 Å². The Kier molecular flexibility index (Phi) is 6.97. The SMILES string of the molecule is CCOC(=O)c1ccc(NC(=O)CN2C(=O)C[C@@H](c3ccccc3)S(=O)(=O)c3ccccc32)cc1. The smallest absolute Gasteiger partial charge is 0.338 e. The molecule has 0 bridgehead atoms. The fourth-order valence-electron chi connectivity index (χ4n) is 3.97. The molecule has 8 nitrogen and oxygen atoms in total. The molecular formula is C26H24N2O6S. The summed E-state index contributed by atoms with van der Waals surface area (Å²) in [5.41, 5.74) is 1.46. The van der Waals surface area contributed by atoms with Crippen LogP contribution in [0.3, 0.4) is 0 Å². The van der Waals surface area contributed by atoms with Crippen LogP contribution in [0.15, 0.2) is 83.8 Å². The predicted octanol–water partition coefficient (Wildman–Crippen LogP) is 3.75. The van der Waals surface area contributed by atoms with Gasteiger partial charge >= 0.3 is 5.97 Å². The van der Waals surface area contributed by atoms with E-state index in [9.17, 15) is 22.8 Å². The number of amides is 2. The van der Waals surface area contributed by atoms with E-state index in [1.807, 2.05) is 0 Å². The summed E-state index contributed by atoms with van der Waals surface area (Å²) in [6, 6.07) is 21.0. The molecule has 3 aromatic rings. The van der Waals surface area contributed by atoms with Crippen LogP contribution in [0.2, 0.25) is 0 Å². The standard InChI is InChI=1S/C26H24N2O6S/c1-2-34-26(31)19-12-14-20(15-13-19)27-24(29)17-28-21-10-6-7-11-22(21)35(32,33)23(16-25(28)30)18-8-4-3-5-9-18/h3-15,23H,2,16-17H2,1H3,(H,27,29)/t23-/m0/s1. The summed E-state index contributed by atoms with van der Waals surface area (Å²) < 4.78 is 32.0. The average Bonchev–Trinajstić information content (AvgIpc) is 2.94. The van der Waals surface area contributed by atoms with Crippen LogP contribution in [-0.2, 0) is 24.2 Å². The predicted molar refractivity (Wildman–Crippen MR) is 131 cm³/mol. The minimum absolute atomic E-state index is 0.00583. The third-order valence-corrected chi connectivity index (χ3v) is 7.80. The van der Waals surface area contributed by atoms with Crippen molar-refractivity contribution in [3.63, 3.8) is 0 Å². The van der Waals surface area contributed by atoms with Crippen LogP contribution in [0, 0.1) is 0 Å². The Balaban J connectivity index is 1.59. The first-order valence-corrected chi connectivity index (χ1v) is 12.6. The van der Waals surface area contributed by atoms with Crippen LogP contribution in [0.5, 0.6) is 0 Å². The van der Waals surface area contributed by atoms with E-state index in [4.69, 9.17) is 4.74 Å². The molecule has 0 unspecified atom stereocenters. The van der Waals surface area contributed by atoms with E-state index in [0.717, 1.165) is 0 Å². The number of benzene rings is 3. The minimum Gasteiger partial charge on any atom is -0.462 e. The fourth-order valence-corrected chi connectivity index (χ4v) is 5.90. The van der Waals surface area contributed by atoms with Crippen molar-refractivity contribution in [3.8, 4) is 0 Å². The third kappa shape index (κ3) is 5.09. The minimum atomic E-state index is -3.89. The molecule has 35 heavy (non-hydrogen) atoms. The summed E-state index contributed by atoms with van der Waals surface area (Å²) in [6.45, 7) is 1.60. The topological polar surface area (TPSA) is 110 Å². The number of anilines is 2. The van der Waals surface area contributed by atoms with Crippen molar-refractivity contribution in [1.82, 2.24) is 0 Å². The van der Waals surface area contributed by atoms with Crippen molar-refractivity contribution in [3.05, 3.63) is 90.0 Å². The summed E-state index contributed by atoms with van der Waals surface area (Å²) in [6.07, 6.45) is -0.289. The Labute approximate surface area is 203 Å². The first-order chi connectivity index (χ1) is 16.8. The van der Waals surface area contributed by atoms with Gasteiger partial charge in [-0.2, -0.15) is 0 Å². The van der Waals surface area contributed by atoms with Crippen molar-refractivity contribution >= 4 is 39.0 Å². The summed E-state index contributed by atoms with van der Waals surface area (Å²) >= 11 is 0. The number of nitrogens with one attached hydrogen (secondary N) is 1. The zero-order valence-electron chi connectivity index (χ0n) is 19.0. The van der Waals surface area contributed by atoms with Crippen molar-refractivity contribution < 1.29 is 27.5 Å². The summed E-state index contributed by atoms with van der Waals surface area (Å²) in [5, 5.41) is 1.63. The van der Waals surface area contributed by atoms with Crippen LogP contribution in [-0.4, -0.2) is 39.4 Å². The molecule has 9 heteroatoms. The van der Waals surface area contributed by atoms with E-state index >= 15 is 0 Å². The highest BCUT2D eigenvalue weighted by atomic mass is 32.2. The molecule has 1 aliphatic rings. The van der Waals surface area contributed by atoms with E-state index in [1.54, 1.807) is 61.5 Å². The van der Waals surface area contributed by atoms with E-state index in [1.165, 1.54) is 29.2 Å². The Morgan fingerprint density at radius 2 is 1.63 bits per heavy atom. The lowest BCUT2D eigenvalue weighted by molar-refractivity contribution is -0.121. The largest absolute Gasteiger partial charge is 0.462 e. The van der Waals surface area contributed by atoms with E-state index in [2.05, 4.69) is 5.32 Å². The van der Waals surface area contributed by atoms with Crippen molar-refractivity contribution in [2.45, 2.75) is 23.5 Å². The number of carbonyl (C=O) groups is 3. The van der Waals surface area contributed by atoms with E-state index < -0.39 is 32.9 Å². The number of sulfone groups is 1. The molecular weight excluding hydrogens is 468 g/mol. The summed E-state index contributed by atoms with van der Waals surface area (Å²) in [7, 11) is -3.89. The second kappa shape index (κ2) is 10.1. The maximum absolute atomic E-state index is 13.5. The zero-order chi connectivity index (χ0) is 25.0. The van der Waals surface area contributed by atoms with Gasteiger partial charge in [0.2, 0.25) is 11.8 Å². The highest BCUT2D eigenvalue weighted by molar-refractivity contribution is 7.92. The van der Waals surface area contributed by atoms with E-state index in [0.29, 0.717) is 16.8 Å². The lowest BCUT2D eigenvalue weighted by Gasteiger charge is -2.21. The molecule has 0 spiro atoms. The maximum atomic E-state index is 13.5. The van der Waals surface area contributed by atoms with Gasteiger partial charge in [-0.25, -0.2) is 13.2 Å². The van der Waals surface area contributed by atoms with Gasteiger partial charge in [0.05, 0.1) is 28.0 Å². The Morgan fingerprint density at radius 1 is 0.971 bits per heavy atom. The number of ether oxygens (including phenoxy) is 1. The van der Waals surface area contributed by atoms with Crippen LogP contribution < -0.4 is 10.2 Å². The van der Waals surface area contributed by atoms with Gasteiger partial charge in [0, 0.05) is 12.1 Å². The molecule has 0 fully saturated rings. The fraction of sp³-hybridized carbons (Fsp3) is 0.192. The molecule has 180 valence electrons.